The molecular formula is C21H19Cl2F3N8O3. The van der Waals surface area contributed by atoms with Crippen molar-refractivity contribution in [2.45, 2.75) is 31.4 Å². The summed E-state index contributed by atoms with van der Waals surface area (Å²) in [5, 5.41) is 28.2. The SMILES string of the molecule is NC(CO)c1nc(Cn2nc(-c3ccc(Cl)cc3)n(CC(O)C(F)(F)F)c2=O)nn1-c1ncccc1Cl. The number of alkyl halides is 3. The van der Waals surface area contributed by atoms with E-state index >= 15 is 0 Å². The minimum Gasteiger partial charge on any atom is -0.394 e. The van der Waals surface area contributed by atoms with Gasteiger partial charge in [-0.15, -0.1) is 10.2 Å². The van der Waals surface area contributed by atoms with Gasteiger partial charge in [-0.25, -0.2) is 19.4 Å². The minimum absolute atomic E-state index is 0.00797. The molecule has 0 aliphatic carbocycles. The van der Waals surface area contributed by atoms with Crippen LogP contribution in [0.1, 0.15) is 17.7 Å². The van der Waals surface area contributed by atoms with Crippen LogP contribution in [0.15, 0.2) is 47.4 Å². The average molecular weight is 559 g/mol. The Kier molecular flexibility index (Phi) is 7.66. The molecule has 1 aromatic carbocycles. The van der Waals surface area contributed by atoms with Gasteiger partial charge < -0.3 is 15.9 Å². The molecule has 0 bridgehead atoms. The van der Waals surface area contributed by atoms with Crippen molar-refractivity contribution in [2.24, 2.45) is 5.73 Å². The first-order valence-corrected chi connectivity index (χ1v) is 11.4. The van der Waals surface area contributed by atoms with Gasteiger partial charge in [0.1, 0.15) is 6.54 Å². The first-order chi connectivity index (χ1) is 17.5. The number of aliphatic hydroxyl groups excluding tert-OH is 2. The van der Waals surface area contributed by atoms with E-state index in [4.69, 9.17) is 28.9 Å². The van der Waals surface area contributed by atoms with Crippen LogP contribution in [0, 0.1) is 0 Å². The van der Waals surface area contributed by atoms with E-state index in [0.717, 1.165) is 4.68 Å². The summed E-state index contributed by atoms with van der Waals surface area (Å²) in [5.74, 6) is 0.0988. The van der Waals surface area contributed by atoms with E-state index in [-0.39, 0.29) is 40.4 Å². The van der Waals surface area contributed by atoms with Crippen LogP contribution in [-0.4, -0.2) is 63.2 Å². The molecule has 4 rings (SSSR count). The summed E-state index contributed by atoms with van der Waals surface area (Å²) < 4.78 is 42.0. The van der Waals surface area contributed by atoms with Crippen LogP contribution in [-0.2, 0) is 13.1 Å². The van der Waals surface area contributed by atoms with Gasteiger partial charge in [-0.05, 0) is 36.4 Å². The molecule has 0 aliphatic rings. The fourth-order valence-corrected chi connectivity index (χ4v) is 3.71. The second-order valence-corrected chi connectivity index (χ2v) is 8.68. The number of rotatable bonds is 8. The lowest BCUT2D eigenvalue weighted by Crippen LogP contribution is -2.37. The lowest BCUT2D eigenvalue weighted by Gasteiger charge is -2.15. The van der Waals surface area contributed by atoms with Gasteiger partial charge in [0.05, 0.1) is 24.2 Å². The van der Waals surface area contributed by atoms with Crippen LogP contribution in [0.25, 0.3) is 17.2 Å². The smallest absolute Gasteiger partial charge is 0.394 e. The zero-order valence-corrected chi connectivity index (χ0v) is 20.2. The van der Waals surface area contributed by atoms with Crippen molar-refractivity contribution in [2.75, 3.05) is 6.61 Å². The van der Waals surface area contributed by atoms with Crippen molar-refractivity contribution in [3.05, 3.63) is 74.8 Å². The molecule has 0 saturated carbocycles. The van der Waals surface area contributed by atoms with Crippen molar-refractivity contribution >= 4 is 23.2 Å². The molecule has 4 N–H and O–H groups in total. The molecule has 11 nitrogen and oxygen atoms in total. The lowest BCUT2D eigenvalue weighted by atomic mass is 10.2. The summed E-state index contributed by atoms with van der Waals surface area (Å²) in [6, 6.07) is 8.06. The molecule has 2 atom stereocenters. The molecule has 0 amide bonds. The van der Waals surface area contributed by atoms with Crippen LogP contribution < -0.4 is 11.4 Å². The number of hydrogen-bond donors (Lipinski definition) is 3. The third-order valence-corrected chi connectivity index (χ3v) is 5.74. The Morgan fingerprint density at radius 1 is 1.11 bits per heavy atom. The molecule has 2 unspecified atom stereocenters. The van der Waals surface area contributed by atoms with Crippen LogP contribution in [0.5, 0.6) is 0 Å². The van der Waals surface area contributed by atoms with Gasteiger partial charge >= 0.3 is 11.9 Å². The molecule has 0 saturated heterocycles. The van der Waals surface area contributed by atoms with Crippen molar-refractivity contribution in [1.29, 1.82) is 0 Å². The first-order valence-electron chi connectivity index (χ1n) is 10.6. The van der Waals surface area contributed by atoms with E-state index in [1.165, 1.54) is 35.1 Å². The number of nitrogens with two attached hydrogens (primary N) is 1. The Bertz CT molecular complexity index is 1450. The van der Waals surface area contributed by atoms with E-state index in [2.05, 4.69) is 20.2 Å². The zero-order valence-electron chi connectivity index (χ0n) is 18.7. The summed E-state index contributed by atoms with van der Waals surface area (Å²) in [6.45, 7) is -1.96. The maximum absolute atomic E-state index is 13.1. The number of hydrogen-bond acceptors (Lipinski definition) is 8. The number of aliphatic hydroxyl groups is 2. The number of halogens is 5. The number of pyridine rings is 1. The Labute approximate surface area is 216 Å². The van der Waals surface area contributed by atoms with Crippen molar-refractivity contribution in [1.82, 2.24) is 34.1 Å². The van der Waals surface area contributed by atoms with E-state index in [1.807, 2.05) is 0 Å². The third-order valence-electron chi connectivity index (χ3n) is 5.19. The number of nitrogens with zero attached hydrogens (tertiary/aromatic N) is 7. The van der Waals surface area contributed by atoms with Gasteiger partial charge in [0.2, 0.25) is 0 Å². The normalized spacial score (nSPS) is 13.6. The maximum Gasteiger partial charge on any atom is 0.416 e. The molecule has 3 aromatic heterocycles. The molecule has 0 radical (unpaired) electrons. The highest BCUT2D eigenvalue weighted by Crippen LogP contribution is 2.24. The summed E-state index contributed by atoms with van der Waals surface area (Å²) in [5.41, 5.74) is 5.29. The van der Waals surface area contributed by atoms with E-state index in [0.29, 0.717) is 9.59 Å². The van der Waals surface area contributed by atoms with E-state index < -0.39 is 37.2 Å². The number of benzene rings is 1. The van der Waals surface area contributed by atoms with Gasteiger partial charge in [-0.1, -0.05) is 23.2 Å². The first kappa shape index (κ1) is 26.8. The highest BCUT2D eigenvalue weighted by atomic mass is 35.5. The second kappa shape index (κ2) is 10.6. The largest absolute Gasteiger partial charge is 0.416 e. The Hall–Kier alpha value is -3.30. The molecule has 16 heteroatoms. The average Bonchev–Trinajstić information content (AvgIpc) is 3.40. The highest BCUT2D eigenvalue weighted by Gasteiger charge is 2.39. The van der Waals surface area contributed by atoms with Gasteiger partial charge in [-0.3, -0.25) is 4.57 Å². The molecule has 0 fully saturated rings. The zero-order chi connectivity index (χ0) is 26.9. The fraction of sp³-hybridized carbons (Fsp3) is 0.286. The van der Waals surface area contributed by atoms with Crippen LogP contribution in [0.3, 0.4) is 0 Å². The predicted octanol–water partition coefficient (Wildman–Crippen LogP) is 1.96. The molecule has 0 aliphatic heterocycles. The Balaban J connectivity index is 1.78. The van der Waals surface area contributed by atoms with Crippen molar-refractivity contribution in [3.63, 3.8) is 0 Å². The van der Waals surface area contributed by atoms with Crippen LogP contribution in [0.2, 0.25) is 10.0 Å². The maximum atomic E-state index is 13.1. The Morgan fingerprint density at radius 2 is 1.81 bits per heavy atom. The molecule has 3 heterocycles. The van der Waals surface area contributed by atoms with Gasteiger partial charge in [-0.2, -0.15) is 17.9 Å². The quantitative estimate of drug-likeness (QED) is 0.297. The molecular weight excluding hydrogens is 540 g/mol. The summed E-state index contributed by atoms with van der Waals surface area (Å²) in [4.78, 5) is 21.5. The summed E-state index contributed by atoms with van der Waals surface area (Å²) in [6.07, 6.45) is -6.32. The second-order valence-electron chi connectivity index (χ2n) is 7.83. The van der Waals surface area contributed by atoms with E-state index in [1.54, 1.807) is 12.1 Å². The minimum atomic E-state index is -4.96. The standard InChI is InChI=1S/C21H19Cl2F3N8O3/c22-12-5-3-11(4-6-12)17-31-33(20(37)32(17)8-15(36)21(24,25)26)9-16-29-19(14(27)10-35)34(30-16)18-13(23)2-1-7-28-18/h1-7,14-15,35-36H,8-10,27H2. The fourth-order valence-electron chi connectivity index (χ4n) is 3.38. The van der Waals surface area contributed by atoms with Crippen LogP contribution in [0.4, 0.5) is 13.2 Å². The Morgan fingerprint density at radius 3 is 2.43 bits per heavy atom. The summed E-state index contributed by atoms with van der Waals surface area (Å²) in [7, 11) is 0. The topological polar surface area (TPSA) is 150 Å². The lowest BCUT2D eigenvalue weighted by molar-refractivity contribution is -0.207. The molecule has 37 heavy (non-hydrogen) atoms. The van der Waals surface area contributed by atoms with Crippen molar-refractivity contribution in [3.8, 4) is 17.2 Å². The molecule has 0 spiro atoms. The monoisotopic (exact) mass is 558 g/mol. The number of aromatic nitrogens is 7. The van der Waals surface area contributed by atoms with Crippen LogP contribution >= 0.6 is 23.2 Å². The molecule has 196 valence electrons. The van der Waals surface area contributed by atoms with E-state index in [9.17, 15) is 28.2 Å². The van der Waals surface area contributed by atoms with Crippen molar-refractivity contribution < 1.29 is 23.4 Å². The summed E-state index contributed by atoms with van der Waals surface area (Å²) >= 11 is 12.1. The predicted molar refractivity (Wildman–Crippen MR) is 126 cm³/mol. The van der Waals surface area contributed by atoms with Gasteiger partial charge in [0, 0.05) is 16.8 Å². The third kappa shape index (κ3) is 5.67. The van der Waals surface area contributed by atoms with Gasteiger partial charge in [0.15, 0.2) is 29.4 Å². The molecule has 4 aromatic rings. The van der Waals surface area contributed by atoms with Gasteiger partial charge in [0.25, 0.3) is 0 Å². The highest BCUT2D eigenvalue weighted by molar-refractivity contribution is 6.32.